The average molecular weight is 918 g/mol. The van der Waals surface area contributed by atoms with Crippen LogP contribution in [0.1, 0.15) is 265 Å². The molecule has 67 heavy (non-hydrogen) atoms. The zero-order valence-corrected chi connectivity index (χ0v) is 45.2. The summed E-state index contributed by atoms with van der Waals surface area (Å²) < 4.78 is 0. The van der Waals surface area contributed by atoms with E-state index in [-0.39, 0.29) is 0 Å². The molecule has 22 rings (SSSR count). The van der Waals surface area contributed by atoms with Crippen LogP contribution in [0.15, 0.2) is 0 Å². The van der Waals surface area contributed by atoms with Crippen LogP contribution < -0.4 is 0 Å². The van der Waals surface area contributed by atoms with E-state index in [2.05, 4.69) is 27.7 Å². The van der Waals surface area contributed by atoms with Crippen LogP contribution in [0.25, 0.3) is 0 Å². The molecular weight excluding hydrogens is 805 g/mol. The Morgan fingerprint density at radius 1 is 0.149 bits per heavy atom. The molecule has 0 spiro atoms. The maximum atomic E-state index is 2.38. The van der Waals surface area contributed by atoms with Crippen LogP contribution >= 0.6 is 0 Å². The second-order valence-corrected chi connectivity index (χ2v) is 30.2. The minimum atomic E-state index is 1.13. The van der Waals surface area contributed by atoms with Gasteiger partial charge in [-0.2, -0.15) is 0 Å². The highest BCUT2D eigenvalue weighted by molar-refractivity contribution is 5.10. The molecule has 22 saturated carbocycles. The van der Waals surface area contributed by atoms with Crippen LogP contribution in [-0.2, 0) is 0 Å². The Morgan fingerprint density at radius 3 is 0.358 bits per heavy atom. The van der Waals surface area contributed by atoms with Gasteiger partial charge in [-0.15, -0.1) is 0 Å². The van der Waals surface area contributed by atoms with E-state index in [4.69, 9.17) is 0 Å². The van der Waals surface area contributed by atoms with Crippen molar-refractivity contribution in [3.05, 3.63) is 0 Å². The molecule has 0 bridgehead atoms. The summed E-state index contributed by atoms with van der Waals surface area (Å²) in [5.41, 5.74) is 0. The van der Waals surface area contributed by atoms with Crippen molar-refractivity contribution in [1.82, 2.24) is 0 Å². The fourth-order valence-electron chi connectivity index (χ4n) is 17.8. The van der Waals surface area contributed by atoms with Crippen LogP contribution in [0.4, 0.5) is 0 Å². The van der Waals surface area contributed by atoms with Gasteiger partial charge >= 0.3 is 0 Å². The van der Waals surface area contributed by atoms with Crippen molar-refractivity contribution in [2.75, 3.05) is 0 Å². The standard InChI is InChI=1S/3C7H12.6C6H10.2C5H8/c3*1-2-4-7-5-6(7)3-1;2*1-4-5-2-3-6(4)5;4*1-2-5-4-6(5)3-1;2*1-3-4-2-5(3)4/h3*6-7H,1-5H2;2*4-6H,2-3H2,1H3;4*5-6H,1-4H2;2*3-5H,2H2,1H3. The SMILES string of the molecule is C1CC2CC2C1.C1CC2CC2C1.C1CC2CC2C1.C1CC2CC2C1.C1CCC2CC2C1.C1CCC2CC2C1.C1CCC2CC2C1.CC1C2CC12.CC1C2CC12.CC1C2CCC12.CC1C2CCC12. The molecule has 0 aromatic carbocycles. The number of hydrogen-bond acceptors (Lipinski definition) is 0. The third-order valence-corrected chi connectivity index (χ3v) is 25.7. The highest BCUT2D eigenvalue weighted by Gasteiger charge is 2.61. The van der Waals surface area contributed by atoms with E-state index >= 15 is 0 Å². The van der Waals surface area contributed by atoms with Gasteiger partial charge in [-0.3, -0.25) is 0 Å². The van der Waals surface area contributed by atoms with Crippen molar-refractivity contribution < 1.29 is 0 Å². The fraction of sp³-hybridized carbons (Fsp3) is 1.00. The van der Waals surface area contributed by atoms with Gasteiger partial charge in [0.1, 0.15) is 0 Å². The van der Waals surface area contributed by atoms with Gasteiger partial charge in [-0.05, 0) is 237 Å². The van der Waals surface area contributed by atoms with Crippen molar-refractivity contribution in [3.8, 4) is 0 Å². The average Bonchev–Trinajstić information content (AvgIpc) is 4.16. The van der Waals surface area contributed by atoms with Crippen molar-refractivity contribution >= 4 is 0 Å². The van der Waals surface area contributed by atoms with E-state index in [1.807, 2.05) is 0 Å². The van der Waals surface area contributed by atoms with Gasteiger partial charge in [0.05, 0.1) is 0 Å². The summed E-state index contributed by atoms with van der Waals surface area (Å²) in [5, 5.41) is 0. The third kappa shape index (κ3) is 13.6. The van der Waals surface area contributed by atoms with E-state index in [0.717, 1.165) is 23.7 Å². The molecule has 22 atom stereocenters. The molecule has 0 saturated heterocycles. The van der Waals surface area contributed by atoms with Crippen molar-refractivity contribution in [1.29, 1.82) is 0 Å². The zero-order chi connectivity index (χ0) is 45.2. The van der Waals surface area contributed by atoms with E-state index in [1.54, 1.807) is 173 Å². The van der Waals surface area contributed by atoms with Crippen molar-refractivity contribution in [2.45, 2.75) is 265 Å². The first kappa shape index (κ1) is 48.0. The normalized spacial score (nSPS) is 55.3. The number of rotatable bonds is 0. The lowest BCUT2D eigenvalue weighted by Gasteiger charge is -2.05. The Kier molecular flexibility index (Phi) is 15.1. The highest BCUT2D eigenvalue weighted by Crippen LogP contribution is 2.68. The van der Waals surface area contributed by atoms with Crippen LogP contribution in [0.3, 0.4) is 0 Å². The Balaban J connectivity index is 0.0000000769. The number of fused-ring (bicyclic) bond motifs is 11. The first-order valence-electron chi connectivity index (χ1n) is 32.8. The summed E-state index contributed by atoms with van der Waals surface area (Å²) in [7, 11) is 0. The molecular formula is C67H112. The molecule has 0 heteroatoms. The van der Waals surface area contributed by atoms with Crippen LogP contribution in [0, 0.1) is 154 Å². The first-order valence-corrected chi connectivity index (χ1v) is 32.8. The molecule has 22 aliphatic carbocycles. The summed E-state index contributed by atoms with van der Waals surface area (Å²) in [6.07, 6.45) is 57.6. The van der Waals surface area contributed by atoms with E-state index < -0.39 is 0 Å². The predicted molar refractivity (Wildman–Crippen MR) is 284 cm³/mol. The van der Waals surface area contributed by atoms with E-state index in [9.17, 15) is 0 Å². The Bertz CT molecular complexity index is 1260. The lowest BCUT2D eigenvalue weighted by Crippen LogP contribution is -1.93. The van der Waals surface area contributed by atoms with Crippen molar-refractivity contribution in [2.24, 2.45) is 154 Å². The number of hydrogen-bond donors (Lipinski definition) is 0. The van der Waals surface area contributed by atoms with Crippen LogP contribution in [0.2, 0.25) is 0 Å². The topological polar surface area (TPSA) is 0 Å². The second-order valence-electron chi connectivity index (χ2n) is 30.2. The fourth-order valence-corrected chi connectivity index (χ4v) is 17.8. The Morgan fingerprint density at radius 2 is 0.299 bits per heavy atom. The Labute approximate surface area is 417 Å². The molecule has 380 valence electrons. The van der Waals surface area contributed by atoms with Gasteiger partial charge in [-0.25, -0.2) is 0 Å². The quantitative estimate of drug-likeness (QED) is 0.227. The minimum absolute atomic E-state index is 1.13. The monoisotopic (exact) mass is 917 g/mol. The smallest absolute Gasteiger partial charge is 0.0352 e. The molecule has 0 radical (unpaired) electrons. The molecule has 0 heterocycles. The van der Waals surface area contributed by atoms with E-state index in [1.165, 1.54) is 194 Å². The molecule has 22 aliphatic rings. The molecule has 22 unspecified atom stereocenters. The van der Waals surface area contributed by atoms with Crippen molar-refractivity contribution in [3.63, 3.8) is 0 Å². The molecule has 22 fully saturated rings. The van der Waals surface area contributed by atoms with Gasteiger partial charge in [0, 0.05) is 0 Å². The minimum Gasteiger partial charge on any atom is -0.0620 e. The largest absolute Gasteiger partial charge is 0.0620 e. The zero-order valence-electron chi connectivity index (χ0n) is 45.2. The lowest BCUT2D eigenvalue weighted by atomic mass is 10.0. The maximum Gasteiger partial charge on any atom is -0.0352 e. The van der Waals surface area contributed by atoms with Gasteiger partial charge in [-0.1, -0.05) is 182 Å². The predicted octanol–water partition coefficient (Wildman–Crippen LogP) is 19.7. The van der Waals surface area contributed by atoms with Gasteiger partial charge < -0.3 is 0 Å². The summed E-state index contributed by atoms with van der Waals surface area (Å²) in [4.78, 5) is 0. The molecule has 0 amide bonds. The second kappa shape index (κ2) is 21.1. The summed E-state index contributed by atoms with van der Waals surface area (Å²) in [5.74, 6) is 31.1. The van der Waals surface area contributed by atoms with Crippen LogP contribution in [0.5, 0.6) is 0 Å². The lowest BCUT2D eigenvalue weighted by molar-refractivity contribution is 0.468. The highest BCUT2D eigenvalue weighted by atomic mass is 14.7. The molecule has 0 nitrogen and oxygen atoms in total. The summed E-state index contributed by atoms with van der Waals surface area (Å²) >= 11 is 0. The molecule has 0 aromatic rings. The molecule has 0 aliphatic heterocycles. The first-order chi connectivity index (χ1) is 32.8. The maximum absolute atomic E-state index is 2.38. The van der Waals surface area contributed by atoms with Gasteiger partial charge in [0.25, 0.3) is 0 Å². The van der Waals surface area contributed by atoms with Gasteiger partial charge in [0.15, 0.2) is 0 Å². The Hall–Kier alpha value is 0. The van der Waals surface area contributed by atoms with Crippen LogP contribution in [-0.4, -0.2) is 0 Å². The van der Waals surface area contributed by atoms with E-state index in [0.29, 0.717) is 0 Å². The molecule has 0 aromatic heterocycles. The van der Waals surface area contributed by atoms with Gasteiger partial charge in [0.2, 0.25) is 0 Å². The summed E-state index contributed by atoms with van der Waals surface area (Å²) in [6, 6.07) is 0. The molecule has 0 N–H and O–H groups in total. The third-order valence-electron chi connectivity index (χ3n) is 25.7. The summed E-state index contributed by atoms with van der Waals surface area (Å²) in [6.45, 7) is 9.45.